The number of hydrogen-bond donors (Lipinski definition) is 2. The van der Waals surface area contributed by atoms with Gasteiger partial charge in [0.2, 0.25) is 5.88 Å². The summed E-state index contributed by atoms with van der Waals surface area (Å²) in [5.41, 5.74) is 6.49. The third kappa shape index (κ3) is 3.09. The number of pyridine rings is 1. The van der Waals surface area contributed by atoms with Gasteiger partial charge in [0, 0.05) is 24.9 Å². The van der Waals surface area contributed by atoms with Crippen LogP contribution in [0.5, 0.6) is 5.88 Å². The van der Waals surface area contributed by atoms with E-state index in [9.17, 15) is 8.78 Å². The van der Waals surface area contributed by atoms with Gasteiger partial charge in [0.1, 0.15) is 5.82 Å². The van der Waals surface area contributed by atoms with Crippen molar-refractivity contribution < 1.29 is 13.5 Å². The summed E-state index contributed by atoms with van der Waals surface area (Å²) in [5.74, 6) is -0.992. The molecule has 4 nitrogen and oxygen atoms in total. The van der Waals surface area contributed by atoms with Crippen molar-refractivity contribution in [3.8, 4) is 5.88 Å². The fourth-order valence-electron chi connectivity index (χ4n) is 1.60. The fraction of sp³-hybridized carbons (Fsp3) is 0.154. The molecule has 2 rings (SSSR count). The molecule has 1 heterocycles. The molecule has 0 radical (unpaired) electrons. The first-order valence-electron chi connectivity index (χ1n) is 5.57. The van der Waals surface area contributed by atoms with Crippen LogP contribution in [0.15, 0.2) is 30.5 Å². The van der Waals surface area contributed by atoms with Crippen LogP contribution in [-0.2, 0) is 6.54 Å². The highest BCUT2D eigenvalue weighted by atomic mass is 19.1. The lowest BCUT2D eigenvalue weighted by Crippen LogP contribution is -2.05. The number of rotatable bonds is 4. The molecule has 0 saturated heterocycles. The van der Waals surface area contributed by atoms with E-state index in [0.29, 0.717) is 12.4 Å². The molecule has 0 unspecified atom stereocenters. The second kappa shape index (κ2) is 5.51. The molecule has 0 spiro atoms. The Morgan fingerprint density at radius 3 is 2.84 bits per heavy atom. The van der Waals surface area contributed by atoms with E-state index in [-0.39, 0.29) is 11.4 Å². The highest BCUT2D eigenvalue weighted by Gasteiger charge is 2.08. The standard InChI is InChI=1S/C13H13F2N3O/c1-19-12-4-8(2-3-17-12)7-18-11-6-9(14)5-10(15)13(11)16/h2-6,18H,7,16H2,1H3. The van der Waals surface area contributed by atoms with Crippen LogP contribution in [0, 0.1) is 11.6 Å². The number of halogens is 2. The summed E-state index contributed by atoms with van der Waals surface area (Å²) in [7, 11) is 1.51. The minimum absolute atomic E-state index is 0.109. The molecule has 1 aromatic carbocycles. The Labute approximate surface area is 109 Å². The number of nitrogens with zero attached hydrogens (tertiary/aromatic N) is 1. The zero-order valence-electron chi connectivity index (χ0n) is 10.3. The zero-order chi connectivity index (χ0) is 13.8. The number of nitrogens with two attached hydrogens (primary N) is 1. The topological polar surface area (TPSA) is 60.2 Å². The molecule has 0 bridgehead atoms. The molecule has 0 aliphatic heterocycles. The second-order valence-corrected chi connectivity index (χ2v) is 3.91. The fourth-order valence-corrected chi connectivity index (χ4v) is 1.60. The first-order valence-corrected chi connectivity index (χ1v) is 5.57. The molecule has 19 heavy (non-hydrogen) atoms. The third-order valence-electron chi connectivity index (χ3n) is 2.59. The van der Waals surface area contributed by atoms with Gasteiger partial charge < -0.3 is 15.8 Å². The van der Waals surface area contributed by atoms with E-state index < -0.39 is 11.6 Å². The molecule has 0 aliphatic rings. The number of methoxy groups -OCH3 is 1. The molecular weight excluding hydrogens is 252 g/mol. The van der Waals surface area contributed by atoms with Crippen LogP contribution in [0.1, 0.15) is 5.56 Å². The van der Waals surface area contributed by atoms with Gasteiger partial charge in [-0.15, -0.1) is 0 Å². The van der Waals surface area contributed by atoms with Gasteiger partial charge in [0.25, 0.3) is 0 Å². The number of hydrogen-bond acceptors (Lipinski definition) is 4. The van der Waals surface area contributed by atoms with Gasteiger partial charge in [0.05, 0.1) is 18.5 Å². The third-order valence-corrected chi connectivity index (χ3v) is 2.59. The summed E-state index contributed by atoms with van der Waals surface area (Å²) < 4.78 is 31.3. The Bertz CT molecular complexity index is 590. The highest BCUT2D eigenvalue weighted by molar-refractivity contribution is 5.66. The molecule has 6 heteroatoms. The van der Waals surface area contributed by atoms with E-state index >= 15 is 0 Å². The minimum Gasteiger partial charge on any atom is -0.481 e. The smallest absolute Gasteiger partial charge is 0.213 e. The Kier molecular flexibility index (Phi) is 3.79. The number of aromatic nitrogens is 1. The first-order chi connectivity index (χ1) is 9.10. The van der Waals surface area contributed by atoms with Gasteiger partial charge in [0.15, 0.2) is 5.82 Å². The van der Waals surface area contributed by atoms with Crippen molar-refractivity contribution in [2.75, 3.05) is 18.2 Å². The predicted molar refractivity (Wildman–Crippen MR) is 68.9 cm³/mol. The van der Waals surface area contributed by atoms with E-state index in [0.717, 1.165) is 17.7 Å². The SMILES string of the molecule is COc1cc(CNc2cc(F)cc(F)c2N)ccn1. The van der Waals surface area contributed by atoms with E-state index in [1.165, 1.54) is 7.11 Å². The van der Waals surface area contributed by atoms with Gasteiger partial charge in [-0.25, -0.2) is 13.8 Å². The highest BCUT2D eigenvalue weighted by Crippen LogP contribution is 2.24. The van der Waals surface area contributed by atoms with E-state index in [1.807, 2.05) is 0 Å². The average Bonchev–Trinajstić information content (AvgIpc) is 2.41. The number of benzene rings is 1. The Hall–Kier alpha value is -2.37. The summed E-state index contributed by atoms with van der Waals surface area (Å²) >= 11 is 0. The monoisotopic (exact) mass is 265 g/mol. The Morgan fingerprint density at radius 1 is 1.32 bits per heavy atom. The molecule has 2 aromatic rings. The van der Waals surface area contributed by atoms with Gasteiger partial charge in [-0.05, 0) is 17.7 Å². The summed E-state index contributed by atoms with van der Waals surface area (Å²) in [6.45, 7) is 0.353. The van der Waals surface area contributed by atoms with Crippen LogP contribution >= 0.6 is 0 Å². The normalized spacial score (nSPS) is 10.3. The molecule has 1 aromatic heterocycles. The summed E-state index contributed by atoms with van der Waals surface area (Å²) in [6.07, 6.45) is 1.59. The van der Waals surface area contributed by atoms with Crippen LogP contribution in [-0.4, -0.2) is 12.1 Å². The van der Waals surface area contributed by atoms with Crippen molar-refractivity contribution in [2.45, 2.75) is 6.54 Å². The number of anilines is 2. The number of nitrogen functional groups attached to an aromatic ring is 1. The molecule has 0 atom stereocenters. The lowest BCUT2D eigenvalue weighted by atomic mass is 10.2. The van der Waals surface area contributed by atoms with Crippen LogP contribution < -0.4 is 15.8 Å². The molecule has 0 saturated carbocycles. The summed E-state index contributed by atoms with van der Waals surface area (Å²) in [4.78, 5) is 3.96. The molecule has 0 amide bonds. The van der Waals surface area contributed by atoms with Crippen molar-refractivity contribution in [1.29, 1.82) is 0 Å². The molecule has 0 aliphatic carbocycles. The van der Waals surface area contributed by atoms with Gasteiger partial charge >= 0.3 is 0 Å². The van der Waals surface area contributed by atoms with Crippen molar-refractivity contribution in [2.24, 2.45) is 0 Å². The van der Waals surface area contributed by atoms with E-state index in [2.05, 4.69) is 10.3 Å². The summed E-state index contributed by atoms with van der Waals surface area (Å²) in [6, 6.07) is 5.38. The molecule has 0 fully saturated rings. The van der Waals surface area contributed by atoms with Crippen LogP contribution in [0.2, 0.25) is 0 Å². The Morgan fingerprint density at radius 2 is 2.11 bits per heavy atom. The average molecular weight is 265 g/mol. The molecule has 3 N–H and O–H groups in total. The molecule has 100 valence electrons. The van der Waals surface area contributed by atoms with Crippen molar-refractivity contribution in [3.63, 3.8) is 0 Å². The van der Waals surface area contributed by atoms with Crippen molar-refractivity contribution in [3.05, 3.63) is 47.7 Å². The van der Waals surface area contributed by atoms with E-state index in [1.54, 1.807) is 18.3 Å². The Balaban J connectivity index is 2.14. The number of nitrogens with one attached hydrogen (secondary N) is 1. The number of ether oxygens (including phenoxy) is 1. The maximum absolute atomic E-state index is 13.2. The maximum Gasteiger partial charge on any atom is 0.213 e. The second-order valence-electron chi connectivity index (χ2n) is 3.91. The van der Waals surface area contributed by atoms with Gasteiger partial charge in [-0.1, -0.05) is 0 Å². The van der Waals surface area contributed by atoms with Gasteiger partial charge in [-0.2, -0.15) is 0 Å². The van der Waals surface area contributed by atoms with Crippen LogP contribution in [0.4, 0.5) is 20.2 Å². The summed E-state index contributed by atoms with van der Waals surface area (Å²) in [5, 5.41) is 2.87. The quantitative estimate of drug-likeness (QED) is 0.834. The predicted octanol–water partition coefficient (Wildman–Crippen LogP) is 2.56. The van der Waals surface area contributed by atoms with Crippen molar-refractivity contribution >= 4 is 11.4 Å². The largest absolute Gasteiger partial charge is 0.481 e. The van der Waals surface area contributed by atoms with Crippen LogP contribution in [0.3, 0.4) is 0 Å². The lowest BCUT2D eigenvalue weighted by molar-refractivity contribution is 0.397. The zero-order valence-corrected chi connectivity index (χ0v) is 10.3. The maximum atomic E-state index is 13.2. The van der Waals surface area contributed by atoms with Gasteiger partial charge in [-0.3, -0.25) is 0 Å². The van der Waals surface area contributed by atoms with Crippen molar-refractivity contribution in [1.82, 2.24) is 4.98 Å². The first kappa shape index (κ1) is 13.1. The van der Waals surface area contributed by atoms with E-state index in [4.69, 9.17) is 10.5 Å². The van der Waals surface area contributed by atoms with Crippen LogP contribution in [0.25, 0.3) is 0 Å². The lowest BCUT2D eigenvalue weighted by Gasteiger charge is -2.10. The minimum atomic E-state index is -0.783. The molecular formula is C13H13F2N3O.